The quantitative estimate of drug-likeness (QED) is 0.203. The maximum Gasteiger partial charge on any atom is 0.270 e. The van der Waals surface area contributed by atoms with Crippen molar-refractivity contribution in [1.29, 1.82) is 0 Å². The van der Waals surface area contributed by atoms with Crippen LogP contribution in [0.1, 0.15) is 52.5 Å². The highest BCUT2D eigenvalue weighted by Crippen LogP contribution is 2.30. The molecule has 0 aliphatic heterocycles. The van der Waals surface area contributed by atoms with Crippen LogP contribution in [0.3, 0.4) is 0 Å². The summed E-state index contributed by atoms with van der Waals surface area (Å²) in [6.07, 6.45) is 3.62. The fourth-order valence-corrected chi connectivity index (χ4v) is 4.27. The number of rotatable bonds is 10. The maximum absolute atomic E-state index is 14.2. The van der Waals surface area contributed by atoms with Gasteiger partial charge in [-0.1, -0.05) is 6.07 Å². The van der Waals surface area contributed by atoms with Crippen LogP contribution < -0.4 is 21.3 Å². The number of carbonyl (C=O) groups excluding carboxylic acids is 1. The van der Waals surface area contributed by atoms with Gasteiger partial charge in [-0.15, -0.1) is 0 Å². The van der Waals surface area contributed by atoms with Gasteiger partial charge in [-0.3, -0.25) is 4.79 Å². The molecule has 11 heteroatoms. The summed E-state index contributed by atoms with van der Waals surface area (Å²) in [5.41, 5.74) is 3.62. The minimum absolute atomic E-state index is 0.180. The molecule has 0 bridgehead atoms. The van der Waals surface area contributed by atoms with Crippen molar-refractivity contribution in [3.63, 3.8) is 0 Å². The number of nitrogens with one attached hydrogen (secondary N) is 4. The molecule has 1 fully saturated rings. The molecule has 0 saturated heterocycles. The minimum Gasteiger partial charge on any atom is -0.373 e. The summed E-state index contributed by atoms with van der Waals surface area (Å²) in [5.74, 6) is -1.62. The molecule has 0 atom stereocenters. The van der Waals surface area contributed by atoms with Gasteiger partial charge in [0.1, 0.15) is 18.0 Å². The predicted molar refractivity (Wildman–Crippen MR) is 152 cm³/mol. The van der Waals surface area contributed by atoms with Crippen molar-refractivity contribution in [2.75, 3.05) is 23.0 Å². The first-order chi connectivity index (χ1) is 19.1. The Labute approximate surface area is 231 Å². The second kappa shape index (κ2) is 11.0. The van der Waals surface area contributed by atoms with E-state index in [2.05, 4.69) is 36.3 Å². The summed E-state index contributed by atoms with van der Waals surface area (Å²) >= 11 is 0. The normalized spacial score (nSPS) is 13.2. The second-order valence-electron chi connectivity index (χ2n) is 10.2. The largest absolute Gasteiger partial charge is 0.373 e. The van der Waals surface area contributed by atoms with Crippen LogP contribution in [0.15, 0.2) is 54.9 Å². The van der Waals surface area contributed by atoms with Gasteiger partial charge in [-0.2, -0.15) is 9.78 Å². The molecule has 1 amide bonds. The van der Waals surface area contributed by atoms with Crippen molar-refractivity contribution in [3.8, 4) is 5.82 Å². The van der Waals surface area contributed by atoms with Gasteiger partial charge in [0.25, 0.3) is 11.8 Å². The van der Waals surface area contributed by atoms with Crippen LogP contribution in [0, 0.1) is 13.8 Å². The Kier molecular flexibility index (Phi) is 7.49. The van der Waals surface area contributed by atoms with Gasteiger partial charge in [-0.25, -0.2) is 18.7 Å². The maximum atomic E-state index is 14.2. The number of halogens is 2. The van der Waals surface area contributed by atoms with Crippen LogP contribution in [0.2, 0.25) is 0 Å². The van der Waals surface area contributed by atoms with Crippen molar-refractivity contribution in [2.45, 2.75) is 52.1 Å². The molecule has 2 aromatic carbocycles. The number of benzene rings is 2. The van der Waals surface area contributed by atoms with Gasteiger partial charge in [0.15, 0.2) is 5.82 Å². The summed E-state index contributed by atoms with van der Waals surface area (Å²) in [6, 6.07) is 13.9. The lowest BCUT2D eigenvalue weighted by molar-refractivity contribution is 0.0173. The fraction of sp³-hybridized carbons (Fsp3) is 0.310. The van der Waals surface area contributed by atoms with Crippen LogP contribution >= 0.6 is 0 Å². The van der Waals surface area contributed by atoms with E-state index < -0.39 is 11.8 Å². The third kappa shape index (κ3) is 6.42. The third-order valence-corrected chi connectivity index (χ3v) is 6.65. The van der Waals surface area contributed by atoms with Gasteiger partial charge in [-0.05, 0) is 68.1 Å². The van der Waals surface area contributed by atoms with Gasteiger partial charge in [0.05, 0.1) is 5.69 Å². The lowest BCUT2D eigenvalue weighted by Gasteiger charge is -2.16. The Morgan fingerprint density at radius 1 is 1.07 bits per heavy atom. The highest BCUT2D eigenvalue weighted by atomic mass is 19.3. The molecule has 9 nitrogen and oxygen atoms in total. The smallest absolute Gasteiger partial charge is 0.270 e. The van der Waals surface area contributed by atoms with E-state index in [1.54, 1.807) is 36.0 Å². The van der Waals surface area contributed by atoms with E-state index in [4.69, 9.17) is 0 Å². The number of anilines is 4. The first-order valence-electron chi connectivity index (χ1n) is 13.1. The van der Waals surface area contributed by atoms with Crippen molar-refractivity contribution in [1.82, 2.24) is 25.1 Å². The molecular weight excluding hydrogens is 514 g/mol. The third-order valence-electron chi connectivity index (χ3n) is 6.65. The van der Waals surface area contributed by atoms with Crippen LogP contribution in [0.4, 0.5) is 31.8 Å². The zero-order valence-corrected chi connectivity index (χ0v) is 22.8. The molecular formula is C29H32F2N8O. The average molecular weight is 547 g/mol. The Morgan fingerprint density at radius 2 is 1.88 bits per heavy atom. The molecule has 5 rings (SSSR count). The molecule has 0 spiro atoms. The summed E-state index contributed by atoms with van der Waals surface area (Å²) < 4.78 is 30.2. The molecule has 0 unspecified atom stereocenters. The van der Waals surface area contributed by atoms with E-state index in [1.807, 2.05) is 26.0 Å². The van der Waals surface area contributed by atoms with Crippen LogP contribution in [0.5, 0.6) is 0 Å². The Bertz CT molecular complexity index is 1540. The average Bonchev–Trinajstić information content (AvgIpc) is 3.69. The molecule has 2 aromatic heterocycles. The van der Waals surface area contributed by atoms with E-state index >= 15 is 0 Å². The summed E-state index contributed by atoms with van der Waals surface area (Å²) in [5, 5.41) is 17.1. The van der Waals surface area contributed by atoms with Crippen LogP contribution in [0.25, 0.3) is 5.82 Å². The highest BCUT2D eigenvalue weighted by Gasteiger charge is 2.27. The van der Waals surface area contributed by atoms with Crippen LogP contribution in [-0.2, 0) is 12.5 Å². The lowest BCUT2D eigenvalue weighted by atomic mass is 10.0. The summed E-state index contributed by atoms with van der Waals surface area (Å²) in [6.45, 7) is 5.10. The van der Waals surface area contributed by atoms with E-state index in [0.717, 1.165) is 36.7 Å². The van der Waals surface area contributed by atoms with Crippen molar-refractivity contribution in [3.05, 3.63) is 82.8 Å². The molecule has 0 radical (unpaired) electrons. The Morgan fingerprint density at radius 3 is 2.60 bits per heavy atom. The summed E-state index contributed by atoms with van der Waals surface area (Å²) in [7, 11) is 1.78. The fourth-order valence-electron chi connectivity index (χ4n) is 4.27. The molecule has 1 aliphatic carbocycles. The van der Waals surface area contributed by atoms with Gasteiger partial charge < -0.3 is 21.3 Å². The van der Waals surface area contributed by atoms with Crippen molar-refractivity contribution in [2.24, 2.45) is 0 Å². The number of amides is 1. The number of hydrogen-bond donors (Lipinski definition) is 4. The van der Waals surface area contributed by atoms with Crippen molar-refractivity contribution >= 4 is 28.9 Å². The van der Waals surface area contributed by atoms with Gasteiger partial charge >= 0.3 is 0 Å². The number of aromatic nitrogens is 4. The molecule has 1 aliphatic rings. The number of carbonyl (C=O) groups is 1. The standard InChI is InChI=1S/C29H32F2N8O/c1-17-5-6-23(13-24(17)37-27-9-18(2)38-39(27)26-14-25(32-4)34-16-35-26)36-28(40)20-10-19(15-33-22-7-8-22)11-21(12-20)29(3,30)31/h5-6,9-14,16,22,33,37H,7-8,15H2,1-4H3,(H,36,40)(H,32,34,35). The van der Waals surface area contributed by atoms with E-state index in [-0.39, 0.29) is 11.1 Å². The molecule has 1 saturated carbocycles. The zero-order valence-electron chi connectivity index (χ0n) is 22.8. The first-order valence-corrected chi connectivity index (χ1v) is 13.1. The molecule has 2 heterocycles. The lowest BCUT2D eigenvalue weighted by Crippen LogP contribution is -2.19. The Hall–Kier alpha value is -4.38. The second-order valence-corrected chi connectivity index (χ2v) is 10.2. The van der Waals surface area contributed by atoms with Crippen molar-refractivity contribution < 1.29 is 13.6 Å². The topological polar surface area (TPSA) is 109 Å². The number of nitrogens with zero attached hydrogens (tertiary/aromatic N) is 4. The predicted octanol–water partition coefficient (Wildman–Crippen LogP) is 5.68. The monoisotopic (exact) mass is 546 g/mol. The number of alkyl halides is 2. The van der Waals surface area contributed by atoms with E-state index in [0.29, 0.717) is 41.3 Å². The van der Waals surface area contributed by atoms with Gasteiger partial charge in [0.2, 0.25) is 0 Å². The molecule has 4 N–H and O–H groups in total. The minimum atomic E-state index is -3.07. The number of aryl methyl sites for hydroxylation is 2. The molecule has 40 heavy (non-hydrogen) atoms. The zero-order chi connectivity index (χ0) is 28.4. The SMILES string of the molecule is CNc1cc(-n2nc(C)cc2Nc2cc(NC(=O)c3cc(CNC4CC4)cc(C(C)(F)F)c3)ccc2C)ncn1. The van der Waals surface area contributed by atoms with Gasteiger partial charge in [0, 0.05) is 61.2 Å². The summed E-state index contributed by atoms with van der Waals surface area (Å²) in [4.78, 5) is 21.7. The van der Waals surface area contributed by atoms with Crippen LogP contribution in [-0.4, -0.2) is 38.7 Å². The highest BCUT2D eigenvalue weighted by molar-refractivity contribution is 6.04. The Balaban J connectivity index is 1.38. The molecule has 4 aromatic rings. The first kappa shape index (κ1) is 27.2. The van der Waals surface area contributed by atoms with E-state index in [1.165, 1.54) is 18.5 Å². The number of hydrogen-bond acceptors (Lipinski definition) is 7. The molecule has 208 valence electrons. The van der Waals surface area contributed by atoms with E-state index in [9.17, 15) is 13.6 Å².